The maximum Gasteiger partial charge on any atom is 0.244 e. The zero-order valence-corrected chi connectivity index (χ0v) is 23.5. The van der Waals surface area contributed by atoms with E-state index in [1.807, 2.05) is 19.1 Å². The van der Waals surface area contributed by atoms with Gasteiger partial charge in [0.1, 0.15) is 24.1 Å². The molecule has 0 aromatic heterocycles. The molecule has 1 aliphatic carbocycles. The first-order chi connectivity index (χ1) is 18.1. The van der Waals surface area contributed by atoms with E-state index in [2.05, 4.69) is 5.32 Å². The lowest BCUT2D eigenvalue weighted by atomic mass is 9.95. The minimum atomic E-state index is -3.80. The Morgan fingerprint density at radius 2 is 1.74 bits per heavy atom. The van der Waals surface area contributed by atoms with Crippen molar-refractivity contribution in [1.82, 2.24) is 10.2 Å². The summed E-state index contributed by atoms with van der Waals surface area (Å²) in [5.41, 5.74) is 1.10. The third-order valence-corrected chi connectivity index (χ3v) is 7.86. The van der Waals surface area contributed by atoms with Crippen molar-refractivity contribution in [2.75, 3.05) is 30.8 Å². The molecule has 2 amide bonds. The van der Waals surface area contributed by atoms with Crippen molar-refractivity contribution in [3.05, 3.63) is 54.1 Å². The topological polar surface area (TPSA) is 105 Å². The number of hydrogen-bond donors (Lipinski definition) is 1. The van der Waals surface area contributed by atoms with Crippen LogP contribution in [-0.4, -0.2) is 63.7 Å². The molecule has 9 nitrogen and oxygen atoms in total. The summed E-state index contributed by atoms with van der Waals surface area (Å²) in [6.45, 7) is 3.69. The van der Waals surface area contributed by atoms with E-state index in [0.717, 1.165) is 48.2 Å². The van der Waals surface area contributed by atoms with Gasteiger partial charge in [0.05, 0.1) is 25.7 Å². The van der Waals surface area contributed by atoms with Gasteiger partial charge < -0.3 is 19.7 Å². The molecule has 1 aliphatic rings. The molecule has 0 saturated heterocycles. The Labute approximate surface area is 226 Å². The normalized spacial score (nSPS) is 14.8. The molecule has 0 unspecified atom stereocenters. The standard InChI is InChI=1S/C28H39N3O6S/c1-5-37-25-16-14-24(15-17-25)31(38(4,34)35)20-27(32)30(19-22-10-9-13-26(18-22)36-3)21(2)28(33)29-23-11-7-6-8-12-23/h9-10,13-18,21,23H,5-8,11-12,19-20H2,1-4H3,(H,29,33)/t21-/m1/s1. The maximum absolute atomic E-state index is 13.7. The number of carbonyl (C=O) groups excluding carboxylic acids is 2. The van der Waals surface area contributed by atoms with Crippen molar-refractivity contribution in [2.45, 2.75) is 64.6 Å². The van der Waals surface area contributed by atoms with Crippen LogP contribution < -0.4 is 19.1 Å². The second kappa shape index (κ2) is 13.5. The van der Waals surface area contributed by atoms with Gasteiger partial charge in [-0.05, 0) is 68.7 Å². The minimum Gasteiger partial charge on any atom is -0.497 e. The van der Waals surface area contributed by atoms with E-state index in [-0.39, 0.29) is 18.5 Å². The molecule has 0 radical (unpaired) electrons. The number of nitrogens with zero attached hydrogens (tertiary/aromatic N) is 2. The first-order valence-electron chi connectivity index (χ1n) is 13.1. The molecule has 2 aromatic rings. The summed E-state index contributed by atoms with van der Waals surface area (Å²) in [6, 6.07) is 13.1. The Morgan fingerprint density at radius 1 is 1.05 bits per heavy atom. The first kappa shape index (κ1) is 29.3. The lowest BCUT2D eigenvalue weighted by Gasteiger charge is -2.33. The Hall–Kier alpha value is -3.27. The molecule has 208 valence electrons. The van der Waals surface area contributed by atoms with Crippen molar-refractivity contribution in [3.8, 4) is 11.5 Å². The van der Waals surface area contributed by atoms with Gasteiger partial charge in [0, 0.05) is 12.6 Å². The predicted molar refractivity (Wildman–Crippen MR) is 148 cm³/mol. The van der Waals surface area contributed by atoms with Gasteiger partial charge in [0.15, 0.2) is 0 Å². The number of amides is 2. The number of benzene rings is 2. The van der Waals surface area contributed by atoms with Crippen LogP contribution in [0.15, 0.2) is 48.5 Å². The summed E-state index contributed by atoms with van der Waals surface area (Å²) in [5, 5.41) is 3.09. The van der Waals surface area contributed by atoms with E-state index >= 15 is 0 Å². The van der Waals surface area contributed by atoms with Crippen LogP contribution in [0.5, 0.6) is 11.5 Å². The largest absolute Gasteiger partial charge is 0.497 e. The number of sulfonamides is 1. The third-order valence-electron chi connectivity index (χ3n) is 6.72. The molecule has 0 aliphatic heterocycles. The molecule has 1 N–H and O–H groups in total. The van der Waals surface area contributed by atoms with Crippen LogP contribution in [0.4, 0.5) is 5.69 Å². The highest BCUT2D eigenvalue weighted by Gasteiger charge is 2.31. The summed E-state index contributed by atoms with van der Waals surface area (Å²) in [4.78, 5) is 28.4. The first-order valence-corrected chi connectivity index (χ1v) is 14.9. The van der Waals surface area contributed by atoms with Gasteiger partial charge in [-0.2, -0.15) is 0 Å². The van der Waals surface area contributed by atoms with Gasteiger partial charge in [-0.3, -0.25) is 13.9 Å². The smallest absolute Gasteiger partial charge is 0.244 e. The molecule has 38 heavy (non-hydrogen) atoms. The fraction of sp³-hybridized carbons (Fsp3) is 0.500. The molecule has 0 bridgehead atoms. The molecule has 3 rings (SSSR count). The third kappa shape index (κ3) is 8.11. The van der Waals surface area contributed by atoms with Gasteiger partial charge in [-0.15, -0.1) is 0 Å². The Bertz CT molecular complexity index is 1180. The van der Waals surface area contributed by atoms with Crippen molar-refractivity contribution < 1.29 is 27.5 Å². The molecule has 0 heterocycles. The van der Waals surface area contributed by atoms with E-state index in [0.29, 0.717) is 23.8 Å². The second-order valence-corrected chi connectivity index (χ2v) is 11.5. The van der Waals surface area contributed by atoms with Crippen LogP contribution in [0.25, 0.3) is 0 Å². The number of anilines is 1. The fourth-order valence-electron chi connectivity index (χ4n) is 4.61. The highest BCUT2D eigenvalue weighted by Crippen LogP contribution is 2.23. The highest BCUT2D eigenvalue weighted by molar-refractivity contribution is 7.92. The van der Waals surface area contributed by atoms with E-state index in [4.69, 9.17) is 9.47 Å². The van der Waals surface area contributed by atoms with Gasteiger partial charge in [-0.1, -0.05) is 31.4 Å². The lowest BCUT2D eigenvalue weighted by molar-refractivity contribution is -0.139. The number of ether oxygens (including phenoxy) is 2. The quantitative estimate of drug-likeness (QED) is 0.436. The van der Waals surface area contributed by atoms with Gasteiger partial charge >= 0.3 is 0 Å². The predicted octanol–water partition coefficient (Wildman–Crippen LogP) is 3.73. The number of methoxy groups -OCH3 is 1. The van der Waals surface area contributed by atoms with Crippen LogP contribution >= 0.6 is 0 Å². The number of hydrogen-bond acceptors (Lipinski definition) is 6. The average Bonchev–Trinajstić information content (AvgIpc) is 2.90. The summed E-state index contributed by atoms with van der Waals surface area (Å²) in [6.07, 6.45) is 6.19. The fourth-order valence-corrected chi connectivity index (χ4v) is 5.46. The Morgan fingerprint density at radius 3 is 2.34 bits per heavy atom. The van der Waals surface area contributed by atoms with E-state index in [1.54, 1.807) is 50.4 Å². The monoisotopic (exact) mass is 545 g/mol. The zero-order chi connectivity index (χ0) is 27.7. The molecule has 0 spiro atoms. The van der Waals surface area contributed by atoms with Gasteiger partial charge in [0.2, 0.25) is 21.8 Å². The molecule has 1 atom stereocenters. The zero-order valence-electron chi connectivity index (χ0n) is 22.7. The molecule has 1 saturated carbocycles. The van der Waals surface area contributed by atoms with Crippen LogP contribution in [-0.2, 0) is 26.2 Å². The average molecular weight is 546 g/mol. The highest BCUT2D eigenvalue weighted by atomic mass is 32.2. The maximum atomic E-state index is 13.7. The van der Waals surface area contributed by atoms with E-state index in [9.17, 15) is 18.0 Å². The molecule has 1 fully saturated rings. The van der Waals surface area contributed by atoms with Gasteiger partial charge in [0.25, 0.3) is 0 Å². The molecule has 2 aromatic carbocycles. The van der Waals surface area contributed by atoms with Crippen molar-refractivity contribution in [2.24, 2.45) is 0 Å². The second-order valence-electron chi connectivity index (χ2n) is 9.59. The van der Waals surface area contributed by atoms with Crippen molar-refractivity contribution in [3.63, 3.8) is 0 Å². The van der Waals surface area contributed by atoms with Crippen molar-refractivity contribution in [1.29, 1.82) is 0 Å². The van der Waals surface area contributed by atoms with Crippen LogP contribution in [0.1, 0.15) is 51.5 Å². The van der Waals surface area contributed by atoms with E-state index < -0.39 is 28.5 Å². The number of carbonyl (C=O) groups is 2. The summed E-state index contributed by atoms with van der Waals surface area (Å²) >= 11 is 0. The Kier molecular flexibility index (Phi) is 10.4. The van der Waals surface area contributed by atoms with E-state index in [1.165, 1.54) is 4.90 Å². The summed E-state index contributed by atoms with van der Waals surface area (Å²) in [5.74, 6) is 0.489. The molecular weight excluding hydrogens is 506 g/mol. The summed E-state index contributed by atoms with van der Waals surface area (Å²) in [7, 11) is -2.24. The van der Waals surface area contributed by atoms with Gasteiger partial charge in [-0.25, -0.2) is 8.42 Å². The van der Waals surface area contributed by atoms with Crippen LogP contribution in [0.3, 0.4) is 0 Å². The Balaban J connectivity index is 1.87. The summed E-state index contributed by atoms with van der Waals surface area (Å²) < 4.78 is 37.3. The van der Waals surface area contributed by atoms with Crippen LogP contribution in [0, 0.1) is 0 Å². The minimum absolute atomic E-state index is 0.0869. The lowest BCUT2D eigenvalue weighted by Crippen LogP contribution is -2.52. The van der Waals surface area contributed by atoms with Crippen molar-refractivity contribution >= 4 is 27.5 Å². The number of nitrogens with one attached hydrogen (secondary N) is 1. The van der Waals surface area contributed by atoms with Crippen LogP contribution in [0.2, 0.25) is 0 Å². The molecule has 10 heteroatoms. The number of rotatable bonds is 12. The molecular formula is C28H39N3O6S. The SMILES string of the molecule is CCOc1ccc(N(CC(=O)N(Cc2cccc(OC)c2)[C@H](C)C(=O)NC2CCCCC2)S(C)(=O)=O)cc1.